The Morgan fingerprint density at radius 2 is 0.972 bits per heavy atom. The van der Waals surface area contributed by atoms with Crippen molar-refractivity contribution in [2.45, 2.75) is 38.7 Å². The number of nitrogens with two attached hydrogens (primary N) is 1. The molecule has 4 aromatic heterocycles. The summed E-state index contributed by atoms with van der Waals surface area (Å²) < 4.78 is 90.2. The molecule has 0 aliphatic carbocycles. The molecule has 376 valence electrons. The molecule has 0 unspecified atom stereocenters. The number of anilines is 2. The molecule has 0 bridgehead atoms. The molecule has 4 heterocycles. The minimum absolute atomic E-state index is 0.0199. The third kappa shape index (κ3) is 17.7. The summed E-state index contributed by atoms with van der Waals surface area (Å²) in [5, 5.41) is 21.3. The molecule has 6 aromatic rings. The molecule has 71 heavy (non-hydrogen) atoms. The van der Waals surface area contributed by atoms with E-state index >= 15 is 0 Å². The minimum atomic E-state index is -4.51. The van der Waals surface area contributed by atoms with Gasteiger partial charge < -0.3 is 41.2 Å². The lowest BCUT2D eigenvalue weighted by Crippen LogP contribution is -2.35. The van der Waals surface area contributed by atoms with Crippen LogP contribution in [0.25, 0.3) is 11.4 Å². The zero-order chi connectivity index (χ0) is 51.8. The van der Waals surface area contributed by atoms with Crippen LogP contribution in [-0.4, -0.2) is 117 Å². The first-order valence-corrected chi connectivity index (χ1v) is 21.0. The summed E-state index contributed by atoms with van der Waals surface area (Å²) in [6.45, 7) is 2.39. The average Bonchev–Trinajstić information content (AvgIpc) is 3.93. The topological polar surface area (TPSA) is 261 Å². The maximum absolute atomic E-state index is 12.9. The van der Waals surface area contributed by atoms with Gasteiger partial charge in [-0.1, -0.05) is 36.4 Å². The van der Waals surface area contributed by atoms with Gasteiger partial charge >= 0.3 is 18.4 Å². The van der Waals surface area contributed by atoms with E-state index in [2.05, 4.69) is 56.2 Å². The summed E-state index contributed by atoms with van der Waals surface area (Å²) in [7, 11) is 0. The van der Waals surface area contributed by atoms with E-state index in [1.807, 2.05) is 36.4 Å². The van der Waals surface area contributed by atoms with Crippen LogP contribution in [0.4, 0.5) is 42.8 Å². The molecule has 0 saturated carbocycles. The number of halogens is 6. The number of para-hydroxylation sites is 2. The number of aromatic nitrogens is 6. The largest absolute Gasteiger partial charge is 0.468 e. The van der Waals surface area contributed by atoms with Crippen LogP contribution in [-0.2, 0) is 4.74 Å². The van der Waals surface area contributed by atoms with Crippen LogP contribution in [0.15, 0.2) is 110 Å². The maximum atomic E-state index is 12.9. The highest BCUT2D eigenvalue weighted by molar-refractivity contribution is 6.02. The lowest BCUT2D eigenvalue weighted by Gasteiger charge is -2.19. The Labute approximate surface area is 400 Å². The van der Waals surface area contributed by atoms with Gasteiger partial charge in [-0.3, -0.25) is 24.5 Å². The Bertz CT molecular complexity index is 2730. The van der Waals surface area contributed by atoms with Crippen LogP contribution in [0.5, 0.6) is 11.8 Å². The molecule has 0 aliphatic rings. The van der Waals surface area contributed by atoms with E-state index in [-0.39, 0.29) is 71.8 Å². The van der Waals surface area contributed by atoms with Gasteiger partial charge in [-0.25, -0.2) is 24.1 Å². The number of pyridine rings is 2. The van der Waals surface area contributed by atoms with Crippen LogP contribution in [0.3, 0.4) is 0 Å². The molecule has 5 amide bonds. The van der Waals surface area contributed by atoms with Crippen molar-refractivity contribution in [3.05, 3.63) is 132 Å². The number of nitrogen functional groups attached to an aromatic ring is 1. The molecule has 20 nitrogen and oxygen atoms in total. The van der Waals surface area contributed by atoms with Gasteiger partial charge in [0.2, 0.25) is 11.8 Å². The van der Waals surface area contributed by atoms with Crippen LogP contribution < -0.4 is 41.8 Å². The first-order valence-electron chi connectivity index (χ1n) is 21.0. The molecule has 0 atom stereocenters. The second-order valence-electron chi connectivity index (χ2n) is 15.6. The highest BCUT2D eigenvalue weighted by Gasteiger charge is 2.30. The van der Waals surface area contributed by atoms with Crippen molar-refractivity contribution in [3.8, 4) is 23.1 Å². The van der Waals surface area contributed by atoms with E-state index in [9.17, 15) is 50.3 Å². The van der Waals surface area contributed by atoms with Gasteiger partial charge in [0, 0.05) is 63.1 Å². The summed E-state index contributed by atoms with van der Waals surface area (Å²) in [5.41, 5.74) is 6.93. The molecule has 0 spiro atoms. The Morgan fingerprint density at radius 1 is 0.563 bits per heavy atom. The summed E-state index contributed by atoms with van der Waals surface area (Å²) in [6.07, 6.45) is -4.64. The quantitative estimate of drug-likeness (QED) is 0.0477. The molecular formula is C45H46F6N12O8. The molecule has 0 fully saturated rings. The number of nitrogens with zero attached hydrogens (tertiary/aromatic N) is 6. The van der Waals surface area contributed by atoms with Crippen molar-refractivity contribution >= 4 is 41.4 Å². The van der Waals surface area contributed by atoms with E-state index in [0.29, 0.717) is 5.69 Å². The predicted molar refractivity (Wildman–Crippen MR) is 242 cm³/mol. The second-order valence-corrected chi connectivity index (χ2v) is 15.6. The fourth-order valence-corrected chi connectivity index (χ4v) is 5.63. The molecule has 0 aliphatic heterocycles. The first kappa shape index (κ1) is 53.2. The smallest absolute Gasteiger partial charge is 0.422 e. The van der Waals surface area contributed by atoms with Gasteiger partial charge in [-0.15, -0.1) is 10.2 Å². The number of benzene rings is 2. The highest BCUT2D eigenvalue weighted by Crippen LogP contribution is 2.21. The Morgan fingerprint density at radius 3 is 1.38 bits per heavy atom. The Balaban J connectivity index is 0.000000269. The van der Waals surface area contributed by atoms with E-state index < -0.39 is 60.9 Å². The van der Waals surface area contributed by atoms with Crippen LogP contribution in [0.1, 0.15) is 62.2 Å². The van der Waals surface area contributed by atoms with Crippen molar-refractivity contribution in [1.29, 1.82) is 0 Å². The zero-order valence-corrected chi connectivity index (χ0v) is 37.9. The number of hydrogen-bond donors (Lipinski definition) is 6. The van der Waals surface area contributed by atoms with Gasteiger partial charge in [0.15, 0.2) is 24.8 Å². The lowest BCUT2D eigenvalue weighted by molar-refractivity contribution is -0.154. The predicted octanol–water partition coefficient (Wildman–Crippen LogP) is 5.67. The van der Waals surface area contributed by atoms with Crippen LogP contribution >= 0.6 is 0 Å². The van der Waals surface area contributed by atoms with Crippen molar-refractivity contribution in [3.63, 3.8) is 0 Å². The number of rotatable bonds is 17. The molecule has 0 radical (unpaired) electrons. The highest BCUT2D eigenvalue weighted by atomic mass is 19.4. The first-order chi connectivity index (χ1) is 33.5. The molecule has 0 saturated heterocycles. The summed E-state index contributed by atoms with van der Waals surface area (Å²) in [4.78, 5) is 69.2. The number of hydrogen-bond acceptors (Lipinski definition) is 13. The second kappa shape index (κ2) is 24.0. The molecule has 2 aromatic carbocycles. The normalized spacial score (nSPS) is 11.3. The molecule has 26 heteroatoms. The average molecular weight is 997 g/mol. The van der Waals surface area contributed by atoms with E-state index in [1.165, 1.54) is 33.9 Å². The zero-order valence-electron chi connectivity index (χ0n) is 37.9. The fourth-order valence-electron chi connectivity index (χ4n) is 5.63. The SMILES string of the molecule is CC(C)(C)OC(=O)Nc1nn(-c2ccccc2)cc1C(=O)NCCNC(=O)c1ccc(OCC(F)(F)F)nc1.Nc1nn(-c2ccccc2)cc1C(=O)NCCNC(=O)c1ccc(OCC(F)(F)F)nc1. The van der Waals surface area contributed by atoms with Gasteiger partial charge in [0.1, 0.15) is 16.7 Å². The van der Waals surface area contributed by atoms with Crippen LogP contribution in [0.2, 0.25) is 0 Å². The number of amides is 5. The summed E-state index contributed by atoms with van der Waals surface area (Å²) >= 11 is 0. The van der Waals surface area contributed by atoms with E-state index in [0.717, 1.165) is 30.2 Å². The van der Waals surface area contributed by atoms with Crippen molar-refractivity contribution in [2.75, 3.05) is 50.4 Å². The van der Waals surface area contributed by atoms with Gasteiger partial charge in [0.25, 0.3) is 23.6 Å². The monoisotopic (exact) mass is 996 g/mol. The molecule has 7 N–H and O–H groups in total. The van der Waals surface area contributed by atoms with Crippen molar-refractivity contribution in [1.82, 2.24) is 50.8 Å². The van der Waals surface area contributed by atoms with E-state index in [4.69, 9.17) is 10.5 Å². The summed E-state index contributed by atoms with van der Waals surface area (Å²) in [5.74, 6) is -2.56. The number of nitrogens with one attached hydrogen (secondary N) is 5. The van der Waals surface area contributed by atoms with Gasteiger partial charge in [-0.2, -0.15) is 26.3 Å². The molecule has 6 rings (SSSR count). The standard InChI is InChI=1S/C25H27F3N6O5.C20H19F3N6O3/c1-24(2,3)39-23(37)32-20-18(14-34(33-20)17-7-5-4-6-8-17)22(36)30-12-11-29-21(35)16-9-10-19(31-13-16)38-15-25(26,27)28;21-20(22,23)12-32-16-7-6-13(10-27-16)18(30)25-8-9-26-19(31)15-11-29(28-17(15)24)14-4-2-1-3-5-14/h4-10,13-14H,11-12,15H2,1-3H3,(H,29,35)(H,30,36)(H,32,33,37);1-7,10-11H,8-9,12H2,(H2,24,28)(H,25,30)(H,26,31). The van der Waals surface area contributed by atoms with Gasteiger partial charge in [0.05, 0.1) is 22.5 Å². The number of carbonyl (C=O) groups is 5. The minimum Gasteiger partial charge on any atom is -0.468 e. The lowest BCUT2D eigenvalue weighted by atomic mass is 10.2. The summed E-state index contributed by atoms with van der Waals surface area (Å²) in [6, 6.07) is 22.9. The van der Waals surface area contributed by atoms with Crippen molar-refractivity contribution < 1.29 is 64.5 Å². The maximum Gasteiger partial charge on any atom is 0.422 e. The number of ether oxygens (including phenoxy) is 3. The third-order valence-electron chi connectivity index (χ3n) is 8.76. The Kier molecular flexibility index (Phi) is 18.0. The fraction of sp³-hybridized carbons (Fsp3) is 0.267. The number of carbonyl (C=O) groups excluding carboxylic acids is 5. The van der Waals surface area contributed by atoms with E-state index in [1.54, 1.807) is 45.0 Å². The van der Waals surface area contributed by atoms with Crippen molar-refractivity contribution in [2.24, 2.45) is 0 Å². The van der Waals surface area contributed by atoms with Gasteiger partial charge in [-0.05, 0) is 57.2 Å². The third-order valence-corrected chi connectivity index (χ3v) is 8.76. The van der Waals surface area contributed by atoms with Crippen LogP contribution in [0, 0.1) is 0 Å². The molecular weight excluding hydrogens is 951 g/mol. The number of alkyl halides is 6. The Hall–Kier alpha value is -8.71.